The lowest BCUT2D eigenvalue weighted by atomic mass is 9.93. The van der Waals surface area contributed by atoms with Crippen molar-refractivity contribution in [3.8, 4) is 0 Å². The smallest absolute Gasteiger partial charge is 0.317 e. The second-order valence-electron chi connectivity index (χ2n) is 6.85. The number of fused-ring (bicyclic) bond motifs is 1. The minimum absolute atomic E-state index is 0.0697. The number of H-pyrrole nitrogens is 1. The minimum Gasteiger partial charge on any atom is -0.338 e. The Balaban J connectivity index is 1.34. The molecule has 3 rings (SSSR count). The van der Waals surface area contributed by atoms with E-state index in [2.05, 4.69) is 27.3 Å². The molecule has 0 atom stereocenters. The van der Waals surface area contributed by atoms with E-state index in [4.69, 9.17) is 0 Å². The van der Waals surface area contributed by atoms with Crippen LogP contribution in [0.25, 0.3) is 0 Å². The van der Waals surface area contributed by atoms with Gasteiger partial charge in [-0.2, -0.15) is 5.10 Å². The topological polar surface area (TPSA) is 64.3 Å². The lowest BCUT2D eigenvalue weighted by Gasteiger charge is -2.32. The summed E-state index contributed by atoms with van der Waals surface area (Å²) >= 11 is 0. The number of hydrogen-bond donors (Lipinski definition) is 2. The number of carbonyl (C=O) groups is 1. The maximum Gasteiger partial charge on any atom is 0.317 e. The average molecular weight is 319 g/mol. The monoisotopic (exact) mass is 319 g/mol. The van der Waals surface area contributed by atoms with E-state index >= 15 is 0 Å². The lowest BCUT2D eigenvalue weighted by Crippen LogP contribution is -2.43. The summed E-state index contributed by atoms with van der Waals surface area (Å²) in [5, 5.41) is 10.2. The SMILES string of the molecule is CCCN1CCC(CCNC(=O)N2CCc3[nH]ncc3C2)CC1. The van der Waals surface area contributed by atoms with Crippen LogP contribution in [-0.2, 0) is 13.0 Å². The van der Waals surface area contributed by atoms with Gasteiger partial charge in [0, 0.05) is 30.8 Å². The van der Waals surface area contributed by atoms with E-state index in [1.165, 1.54) is 44.6 Å². The Hall–Kier alpha value is -1.56. The van der Waals surface area contributed by atoms with Crippen LogP contribution in [0.2, 0.25) is 0 Å². The number of hydrogen-bond acceptors (Lipinski definition) is 3. The highest BCUT2D eigenvalue weighted by molar-refractivity contribution is 5.74. The fourth-order valence-corrected chi connectivity index (χ4v) is 3.71. The standard InChI is InChI=1S/C17H29N5O/c1-2-8-21-9-4-14(5-10-21)3-7-18-17(23)22-11-6-16-15(13-22)12-19-20-16/h12,14H,2-11,13H2,1H3,(H,18,23)(H,19,20). The number of nitrogens with one attached hydrogen (secondary N) is 2. The van der Waals surface area contributed by atoms with Crippen molar-refractivity contribution >= 4 is 6.03 Å². The molecule has 2 amide bonds. The van der Waals surface area contributed by atoms with Crippen molar-refractivity contribution in [2.75, 3.05) is 32.7 Å². The number of aromatic amines is 1. The Morgan fingerprint density at radius 3 is 3.00 bits per heavy atom. The number of aromatic nitrogens is 2. The first-order valence-corrected chi connectivity index (χ1v) is 9.02. The van der Waals surface area contributed by atoms with Crippen LogP contribution >= 0.6 is 0 Å². The fourth-order valence-electron chi connectivity index (χ4n) is 3.71. The first-order chi connectivity index (χ1) is 11.3. The zero-order valence-electron chi connectivity index (χ0n) is 14.2. The molecule has 0 bridgehead atoms. The summed E-state index contributed by atoms with van der Waals surface area (Å²) < 4.78 is 0. The molecule has 0 radical (unpaired) electrons. The Morgan fingerprint density at radius 2 is 2.22 bits per heavy atom. The average Bonchev–Trinajstić information content (AvgIpc) is 3.04. The summed E-state index contributed by atoms with van der Waals surface area (Å²) in [7, 11) is 0. The first kappa shape index (κ1) is 16.3. The molecule has 23 heavy (non-hydrogen) atoms. The molecule has 128 valence electrons. The van der Waals surface area contributed by atoms with Crippen LogP contribution in [0.1, 0.15) is 43.9 Å². The van der Waals surface area contributed by atoms with Crippen LogP contribution in [0.3, 0.4) is 0 Å². The molecule has 1 aromatic rings. The maximum atomic E-state index is 12.3. The van der Waals surface area contributed by atoms with Crippen molar-refractivity contribution in [3.63, 3.8) is 0 Å². The predicted octanol–water partition coefficient (Wildman–Crippen LogP) is 1.99. The van der Waals surface area contributed by atoms with Gasteiger partial charge in [0.15, 0.2) is 0 Å². The molecule has 0 aliphatic carbocycles. The first-order valence-electron chi connectivity index (χ1n) is 9.02. The quantitative estimate of drug-likeness (QED) is 0.872. The zero-order valence-corrected chi connectivity index (χ0v) is 14.2. The number of carbonyl (C=O) groups excluding carboxylic acids is 1. The van der Waals surface area contributed by atoms with Gasteiger partial charge in [0.2, 0.25) is 0 Å². The summed E-state index contributed by atoms with van der Waals surface area (Å²) in [6.45, 7) is 8.17. The number of likely N-dealkylation sites (tertiary alicyclic amines) is 1. The highest BCUT2D eigenvalue weighted by atomic mass is 16.2. The number of urea groups is 1. The molecule has 0 spiro atoms. The Bertz CT molecular complexity index is 507. The van der Waals surface area contributed by atoms with Crippen molar-refractivity contribution in [1.82, 2.24) is 25.3 Å². The van der Waals surface area contributed by atoms with Crippen molar-refractivity contribution in [3.05, 3.63) is 17.5 Å². The molecule has 3 heterocycles. The van der Waals surface area contributed by atoms with Crippen LogP contribution in [0, 0.1) is 5.92 Å². The summed E-state index contributed by atoms with van der Waals surface area (Å²) in [6.07, 6.45) is 7.61. The molecule has 2 aliphatic heterocycles. The third-order valence-electron chi connectivity index (χ3n) is 5.16. The molecule has 1 saturated heterocycles. The number of amides is 2. The van der Waals surface area contributed by atoms with E-state index in [-0.39, 0.29) is 6.03 Å². The summed E-state index contributed by atoms with van der Waals surface area (Å²) in [6, 6.07) is 0.0697. The molecule has 1 aromatic heterocycles. The third-order valence-corrected chi connectivity index (χ3v) is 5.16. The van der Waals surface area contributed by atoms with Gasteiger partial charge in [0.1, 0.15) is 0 Å². The van der Waals surface area contributed by atoms with Crippen LogP contribution in [-0.4, -0.2) is 58.8 Å². The van der Waals surface area contributed by atoms with Gasteiger partial charge in [0.05, 0.1) is 12.7 Å². The molecule has 1 fully saturated rings. The molecule has 0 aromatic carbocycles. The highest BCUT2D eigenvalue weighted by Crippen LogP contribution is 2.20. The van der Waals surface area contributed by atoms with Crippen LogP contribution < -0.4 is 5.32 Å². The maximum absolute atomic E-state index is 12.3. The van der Waals surface area contributed by atoms with E-state index < -0.39 is 0 Å². The molecule has 0 saturated carbocycles. The second-order valence-corrected chi connectivity index (χ2v) is 6.85. The van der Waals surface area contributed by atoms with E-state index in [0.29, 0.717) is 6.54 Å². The van der Waals surface area contributed by atoms with Gasteiger partial charge in [-0.1, -0.05) is 6.92 Å². The van der Waals surface area contributed by atoms with Gasteiger partial charge in [0.25, 0.3) is 0 Å². The van der Waals surface area contributed by atoms with Crippen LogP contribution in [0.5, 0.6) is 0 Å². The summed E-state index contributed by atoms with van der Waals surface area (Å²) in [5.41, 5.74) is 2.32. The normalized spacial score (nSPS) is 19.6. The van der Waals surface area contributed by atoms with E-state index in [9.17, 15) is 4.79 Å². The lowest BCUT2D eigenvalue weighted by molar-refractivity contribution is 0.174. The number of nitrogens with zero attached hydrogens (tertiary/aromatic N) is 3. The Morgan fingerprint density at radius 1 is 1.39 bits per heavy atom. The number of piperidine rings is 1. The van der Waals surface area contributed by atoms with E-state index in [1.807, 2.05) is 11.1 Å². The van der Waals surface area contributed by atoms with Crippen LogP contribution in [0.15, 0.2) is 6.20 Å². The van der Waals surface area contributed by atoms with E-state index in [1.54, 1.807) is 0 Å². The Kier molecular flexibility index (Phi) is 5.54. The van der Waals surface area contributed by atoms with Gasteiger partial charge < -0.3 is 15.1 Å². The molecular weight excluding hydrogens is 290 g/mol. The van der Waals surface area contributed by atoms with Gasteiger partial charge >= 0.3 is 6.03 Å². The van der Waals surface area contributed by atoms with Gasteiger partial charge in [-0.3, -0.25) is 5.10 Å². The zero-order chi connectivity index (χ0) is 16.1. The molecule has 2 aliphatic rings. The largest absolute Gasteiger partial charge is 0.338 e. The minimum atomic E-state index is 0.0697. The molecule has 6 heteroatoms. The summed E-state index contributed by atoms with van der Waals surface area (Å²) in [4.78, 5) is 16.7. The van der Waals surface area contributed by atoms with Crippen molar-refractivity contribution in [1.29, 1.82) is 0 Å². The van der Waals surface area contributed by atoms with Crippen molar-refractivity contribution in [2.45, 2.75) is 45.6 Å². The van der Waals surface area contributed by atoms with Gasteiger partial charge in [-0.25, -0.2) is 4.79 Å². The molecular formula is C17H29N5O. The summed E-state index contributed by atoms with van der Waals surface area (Å²) in [5.74, 6) is 0.769. The van der Waals surface area contributed by atoms with Gasteiger partial charge in [-0.15, -0.1) is 0 Å². The highest BCUT2D eigenvalue weighted by Gasteiger charge is 2.22. The fraction of sp³-hybridized carbons (Fsp3) is 0.765. The number of rotatable bonds is 5. The van der Waals surface area contributed by atoms with Crippen LogP contribution in [0.4, 0.5) is 4.79 Å². The predicted molar refractivity (Wildman–Crippen MR) is 90.2 cm³/mol. The molecule has 2 N–H and O–H groups in total. The van der Waals surface area contributed by atoms with Crippen molar-refractivity contribution < 1.29 is 4.79 Å². The Labute approximate surface area is 138 Å². The van der Waals surface area contributed by atoms with E-state index in [0.717, 1.165) is 37.4 Å². The molecule has 6 nitrogen and oxygen atoms in total. The van der Waals surface area contributed by atoms with Gasteiger partial charge in [-0.05, 0) is 51.2 Å². The second kappa shape index (κ2) is 7.81. The van der Waals surface area contributed by atoms with Crippen molar-refractivity contribution in [2.24, 2.45) is 5.92 Å². The third kappa shape index (κ3) is 4.25. The molecule has 0 unspecified atom stereocenters.